The van der Waals surface area contributed by atoms with Gasteiger partial charge in [-0.2, -0.15) is 5.10 Å². The first kappa shape index (κ1) is 23.6. The standard InChI is InChI=1S/C23H22FN7O4S/c1-13-6-8-16(31(32)33)11-19(13)36(34,35)29-18-9-7-14(10-17(18)24)21-20-22(25)26-12-27-23(20)30(28-21)15-4-2-3-5-15/h6-12,15,29H,2-5H2,1H3,(H2,25,26,27). The molecule has 3 N–H and O–H groups in total. The number of non-ortho nitro benzene ring substituents is 1. The molecule has 0 unspecified atom stereocenters. The van der Waals surface area contributed by atoms with Gasteiger partial charge in [-0.3, -0.25) is 14.8 Å². The lowest BCUT2D eigenvalue weighted by atomic mass is 10.1. The lowest BCUT2D eigenvalue weighted by Gasteiger charge is -2.12. The summed E-state index contributed by atoms with van der Waals surface area (Å²) >= 11 is 0. The van der Waals surface area contributed by atoms with Crippen LogP contribution >= 0.6 is 0 Å². The first-order chi connectivity index (χ1) is 17.2. The quantitative estimate of drug-likeness (QED) is 0.285. The third-order valence-electron chi connectivity index (χ3n) is 6.35. The normalized spacial score (nSPS) is 14.4. The summed E-state index contributed by atoms with van der Waals surface area (Å²) in [5.41, 5.74) is 7.06. The van der Waals surface area contributed by atoms with Crippen LogP contribution in [-0.4, -0.2) is 33.1 Å². The van der Waals surface area contributed by atoms with Crippen molar-refractivity contribution in [3.05, 3.63) is 64.2 Å². The molecular weight excluding hydrogens is 489 g/mol. The van der Waals surface area contributed by atoms with Gasteiger partial charge in [0.2, 0.25) is 0 Å². The maximum Gasteiger partial charge on any atom is 0.270 e. The SMILES string of the molecule is Cc1ccc([N+](=O)[O-])cc1S(=O)(=O)Nc1ccc(-c2nn(C3CCCC3)c3ncnc(N)c23)cc1F. The molecule has 1 aliphatic carbocycles. The molecule has 2 aromatic heterocycles. The van der Waals surface area contributed by atoms with Crippen LogP contribution in [0.15, 0.2) is 47.6 Å². The van der Waals surface area contributed by atoms with Crippen molar-refractivity contribution in [3.63, 3.8) is 0 Å². The van der Waals surface area contributed by atoms with Crippen LogP contribution in [0.25, 0.3) is 22.3 Å². The molecule has 186 valence electrons. The van der Waals surface area contributed by atoms with Crippen molar-refractivity contribution < 1.29 is 17.7 Å². The van der Waals surface area contributed by atoms with E-state index in [1.54, 1.807) is 0 Å². The summed E-state index contributed by atoms with van der Waals surface area (Å²) in [6.45, 7) is 1.50. The van der Waals surface area contributed by atoms with Crippen LogP contribution in [0.3, 0.4) is 0 Å². The maximum absolute atomic E-state index is 15.2. The number of halogens is 1. The highest BCUT2D eigenvalue weighted by Gasteiger charge is 2.26. The van der Waals surface area contributed by atoms with E-state index in [-0.39, 0.29) is 33.7 Å². The Balaban J connectivity index is 1.53. The van der Waals surface area contributed by atoms with Gasteiger partial charge >= 0.3 is 0 Å². The van der Waals surface area contributed by atoms with Crippen molar-refractivity contribution in [2.24, 2.45) is 0 Å². The number of aryl methyl sites for hydroxylation is 1. The van der Waals surface area contributed by atoms with Crippen molar-refractivity contribution in [3.8, 4) is 11.3 Å². The Morgan fingerprint density at radius 3 is 2.61 bits per heavy atom. The number of nitro benzene ring substituents is 1. The molecule has 1 saturated carbocycles. The Bertz CT molecular complexity index is 1610. The number of rotatable bonds is 6. The second-order valence-corrected chi connectivity index (χ2v) is 10.3. The summed E-state index contributed by atoms with van der Waals surface area (Å²) < 4.78 is 45.0. The van der Waals surface area contributed by atoms with Gasteiger partial charge in [-0.25, -0.2) is 27.5 Å². The summed E-state index contributed by atoms with van der Waals surface area (Å²) in [7, 11) is -4.30. The molecule has 1 aliphatic rings. The van der Waals surface area contributed by atoms with Gasteiger partial charge in [-0.15, -0.1) is 0 Å². The number of aromatic nitrogens is 4. The van der Waals surface area contributed by atoms with Crippen LogP contribution in [0.4, 0.5) is 21.6 Å². The van der Waals surface area contributed by atoms with E-state index >= 15 is 4.39 Å². The zero-order valence-electron chi connectivity index (χ0n) is 19.2. The molecule has 1 fully saturated rings. The van der Waals surface area contributed by atoms with Gasteiger partial charge in [0.15, 0.2) is 5.65 Å². The third kappa shape index (κ3) is 4.11. The number of nitrogens with two attached hydrogens (primary N) is 1. The molecule has 4 aromatic rings. The third-order valence-corrected chi connectivity index (χ3v) is 7.86. The average Bonchev–Trinajstić information content (AvgIpc) is 3.49. The average molecular weight is 512 g/mol. The highest BCUT2D eigenvalue weighted by molar-refractivity contribution is 7.92. The van der Waals surface area contributed by atoms with Gasteiger partial charge in [0, 0.05) is 17.7 Å². The topological polar surface area (TPSA) is 159 Å². The fraction of sp³-hybridized carbons (Fsp3) is 0.261. The molecule has 2 aromatic carbocycles. The second kappa shape index (κ2) is 8.82. The summed E-state index contributed by atoms with van der Waals surface area (Å²) in [4.78, 5) is 18.5. The number of sulfonamides is 1. The first-order valence-corrected chi connectivity index (χ1v) is 12.7. The van der Waals surface area contributed by atoms with Gasteiger partial charge < -0.3 is 5.73 Å². The monoisotopic (exact) mass is 511 g/mol. The van der Waals surface area contributed by atoms with Gasteiger partial charge in [0.05, 0.1) is 26.9 Å². The van der Waals surface area contributed by atoms with E-state index in [1.807, 2.05) is 4.68 Å². The minimum absolute atomic E-state index is 0.157. The van der Waals surface area contributed by atoms with E-state index < -0.39 is 20.8 Å². The van der Waals surface area contributed by atoms with E-state index in [9.17, 15) is 18.5 Å². The number of anilines is 2. The Kier molecular flexibility index (Phi) is 5.79. The molecule has 0 atom stereocenters. The number of benzene rings is 2. The van der Waals surface area contributed by atoms with E-state index in [1.165, 1.54) is 37.5 Å². The molecule has 0 radical (unpaired) electrons. The Labute approximate surface area is 205 Å². The van der Waals surface area contributed by atoms with Crippen molar-refractivity contribution in [2.75, 3.05) is 10.5 Å². The van der Waals surface area contributed by atoms with Crippen LogP contribution in [-0.2, 0) is 10.0 Å². The molecule has 5 rings (SSSR count). The largest absolute Gasteiger partial charge is 0.383 e. The number of nitrogens with zero attached hydrogens (tertiary/aromatic N) is 5. The fourth-order valence-corrected chi connectivity index (χ4v) is 5.87. The maximum atomic E-state index is 15.2. The van der Waals surface area contributed by atoms with Gasteiger partial charge in [0.1, 0.15) is 23.7 Å². The lowest BCUT2D eigenvalue weighted by Crippen LogP contribution is -2.15. The Morgan fingerprint density at radius 1 is 1.17 bits per heavy atom. The molecule has 2 heterocycles. The molecule has 0 aliphatic heterocycles. The zero-order chi connectivity index (χ0) is 25.6. The minimum Gasteiger partial charge on any atom is -0.383 e. The summed E-state index contributed by atoms with van der Waals surface area (Å²) in [6.07, 6.45) is 5.42. The van der Waals surface area contributed by atoms with E-state index in [4.69, 9.17) is 10.8 Å². The number of nitrogen functional groups attached to an aromatic ring is 1. The minimum atomic E-state index is -4.30. The van der Waals surface area contributed by atoms with E-state index in [2.05, 4.69) is 14.7 Å². The molecule has 36 heavy (non-hydrogen) atoms. The van der Waals surface area contributed by atoms with Crippen molar-refractivity contribution in [1.29, 1.82) is 0 Å². The van der Waals surface area contributed by atoms with Crippen LogP contribution in [0.2, 0.25) is 0 Å². The first-order valence-electron chi connectivity index (χ1n) is 11.2. The number of fused-ring (bicyclic) bond motifs is 1. The molecule has 0 spiro atoms. The van der Waals surface area contributed by atoms with Crippen LogP contribution in [0, 0.1) is 22.9 Å². The van der Waals surface area contributed by atoms with Crippen LogP contribution < -0.4 is 10.5 Å². The molecule has 13 heteroatoms. The van der Waals surface area contributed by atoms with Crippen LogP contribution in [0.5, 0.6) is 0 Å². The van der Waals surface area contributed by atoms with Gasteiger partial charge in [-0.1, -0.05) is 25.0 Å². The summed E-state index contributed by atoms with van der Waals surface area (Å²) in [5.74, 6) is -0.635. The molecular formula is C23H22FN7O4S. The number of nitrogens with one attached hydrogen (secondary N) is 1. The number of hydrogen-bond acceptors (Lipinski definition) is 8. The van der Waals surface area contributed by atoms with Crippen molar-refractivity contribution in [1.82, 2.24) is 19.7 Å². The number of nitro groups is 1. The molecule has 0 amide bonds. The predicted octanol–water partition coefficient (Wildman–Crippen LogP) is 4.35. The molecule has 0 bridgehead atoms. The smallest absolute Gasteiger partial charge is 0.270 e. The highest BCUT2D eigenvalue weighted by atomic mass is 32.2. The molecule has 11 nitrogen and oxygen atoms in total. The fourth-order valence-electron chi connectivity index (χ4n) is 4.54. The summed E-state index contributed by atoms with van der Waals surface area (Å²) in [5, 5.41) is 16.3. The number of hydrogen-bond donors (Lipinski definition) is 2. The lowest BCUT2D eigenvalue weighted by molar-refractivity contribution is -0.385. The Hall–Kier alpha value is -4.13. The van der Waals surface area contributed by atoms with Gasteiger partial charge in [-0.05, 0) is 37.5 Å². The Morgan fingerprint density at radius 2 is 1.92 bits per heavy atom. The zero-order valence-corrected chi connectivity index (χ0v) is 20.0. The van der Waals surface area contributed by atoms with Gasteiger partial charge in [0.25, 0.3) is 15.7 Å². The highest BCUT2D eigenvalue weighted by Crippen LogP contribution is 2.37. The van der Waals surface area contributed by atoms with Crippen LogP contribution in [0.1, 0.15) is 37.3 Å². The van der Waals surface area contributed by atoms with Crippen molar-refractivity contribution >= 4 is 38.2 Å². The van der Waals surface area contributed by atoms with E-state index in [0.29, 0.717) is 22.3 Å². The summed E-state index contributed by atoms with van der Waals surface area (Å²) in [6, 6.07) is 7.58. The second-order valence-electron chi connectivity index (χ2n) is 8.70. The molecule has 0 saturated heterocycles. The predicted molar refractivity (Wildman–Crippen MR) is 131 cm³/mol. The van der Waals surface area contributed by atoms with E-state index in [0.717, 1.165) is 37.8 Å². The van der Waals surface area contributed by atoms with Crippen molar-refractivity contribution in [2.45, 2.75) is 43.5 Å².